The molecule has 0 aliphatic rings. The Bertz CT molecular complexity index is 450. The third-order valence-electron chi connectivity index (χ3n) is 2.53. The molecule has 0 radical (unpaired) electrons. The van der Waals surface area contributed by atoms with Gasteiger partial charge in [-0.2, -0.15) is 0 Å². The summed E-state index contributed by atoms with van der Waals surface area (Å²) in [5.74, 6) is 1.37. The largest absolute Gasteiger partial charge is 0.494 e. The summed E-state index contributed by atoms with van der Waals surface area (Å²) in [6.45, 7) is 11.1. The summed E-state index contributed by atoms with van der Waals surface area (Å²) in [6.07, 6.45) is 0.456. The topological polar surface area (TPSA) is 47.6 Å². The van der Waals surface area contributed by atoms with Crippen molar-refractivity contribution in [3.8, 4) is 11.5 Å². The molecule has 0 spiro atoms. The third-order valence-corrected chi connectivity index (χ3v) is 2.53. The van der Waals surface area contributed by atoms with Crippen LogP contribution in [0.15, 0.2) is 18.2 Å². The number of nitrogens with one attached hydrogen (secondary N) is 1. The number of rotatable bonds is 6. The van der Waals surface area contributed by atoms with Gasteiger partial charge in [0.15, 0.2) is 0 Å². The van der Waals surface area contributed by atoms with Crippen LogP contribution in [0.4, 0.5) is 5.69 Å². The van der Waals surface area contributed by atoms with Crippen molar-refractivity contribution in [2.75, 3.05) is 18.5 Å². The maximum atomic E-state index is 12.0. The Morgan fingerprint density at radius 1 is 1.15 bits per heavy atom. The number of hydrogen-bond acceptors (Lipinski definition) is 3. The molecule has 1 rings (SSSR count). The maximum absolute atomic E-state index is 12.0. The van der Waals surface area contributed by atoms with Crippen molar-refractivity contribution in [3.63, 3.8) is 0 Å². The van der Waals surface area contributed by atoms with Gasteiger partial charge in [0.25, 0.3) is 0 Å². The number of ether oxygens (including phenoxy) is 2. The van der Waals surface area contributed by atoms with E-state index in [9.17, 15) is 4.79 Å². The Kier molecular flexibility index (Phi) is 5.86. The first-order valence-electron chi connectivity index (χ1n) is 7.05. The molecule has 0 saturated heterocycles. The molecule has 1 aromatic rings. The summed E-state index contributed by atoms with van der Waals surface area (Å²) < 4.78 is 11.0. The van der Waals surface area contributed by atoms with Gasteiger partial charge >= 0.3 is 0 Å². The van der Waals surface area contributed by atoms with Crippen LogP contribution in [0.5, 0.6) is 11.5 Å². The number of hydrogen-bond donors (Lipinski definition) is 1. The number of carbonyl (C=O) groups excluding carboxylic acids is 1. The van der Waals surface area contributed by atoms with Crippen LogP contribution in [0.25, 0.3) is 0 Å². The lowest BCUT2D eigenvalue weighted by Crippen LogP contribution is -2.20. The molecule has 0 saturated carbocycles. The standard InChI is InChI=1S/C16H25NO3/c1-6-19-12-8-9-14(20-7-2)13(10-12)17-15(18)11-16(3,4)5/h8-10H,6-7,11H2,1-5H3,(H,17,18). The summed E-state index contributed by atoms with van der Waals surface area (Å²) in [5, 5.41) is 2.91. The van der Waals surface area contributed by atoms with Crippen molar-refractivity contribution in [1.29, 1.82) is 0 Å². The number of carbonyl (C=O) groups is 1. The van der Waals surface area contributed by atoms with E-state index in [1.807, 2.05) is 46.8 Å². The van der Waals surface area contributed by atoms with Crippen LogP contribution in [0, 0.1) is 5.41 Å². The van der Waals surface area contributed by atoms with Crippen LogP contribution >= 0.6 is 0 Å². The molecule has 0 aromatic heterocycles. The molecule has 1 N–H and O–H groups in total. The molecule has 1 amide bonds. The van der Waals surface area contributed by atoms with Gasteiger partial charge in [0.05, 0.1) is 18.9 Å². The molecule has 1 aromatic carbocycles. The minimum Gasteiger partial charge on any atom is -0.494 e. The molecule has 20 heavy (non-hydrogen) atoms. The SMILES string of the molecule is CCOc1ccc(OCC)c(NC(=O)CC(C)(C)C)c1. The third kappa shape index (κ3) is 5.51. The van der Waals surface area contributed by atoms with Crippen LogP contribution in [-0.4, -0.2) is 19.1 Å². The van der Waals surface area contributed by atoms with Gasteiger partial charge in [-0.15, -0.1) is 0 Å². The molecule has 0 aliphatic heterocycles. The van der Waals surface area contributed by atoms with Gasteiger partial charge in [0, 0.05) is 12.5 Å². The highest BCUT2D eigenvalue weighted by Gasteiger charge is 2.17. The highest BCUT2D eigenvalue weighted by atomic mass is 16.5. The van der Waals surface area contributed by atoms with Crippen LogP contribution in [-0.2, 0) is 4.79 Å². The smallest absolute Gasteiger partial charge is 0.225 e. The fourth-order valence-electron chi connectivity index (χ4n) is 1.82. The van der Waals surface area contributed by atoms with Crippen molar-refractivity contribution in [2.45, 2.75) is 41.0 Å². The van der Waals surface area contributed by atoms with E-state index in [2.05, 4.69) is 5.32 Å². The fraction of sp³-hybridized carbons (Fsp3) is 0.562. The minimum absolute atomic E-state index is 0.0212. The van der Waals surface area contributed by atoms with Gasteiger partial charge in [-0.25, -0.2) is 0 Å². The Morgan fingerprint density at radius 3 is 2.35 bits per heavy atom. The Balaban J connectivity index is 2.88. The van der Waals surface area contributed by atoms with E-state index in [1.165, 1.54) is 0 Å². The average molecular weight is 279 g/mol. The van der Waals surface area contributed by atoms with E-state index in [0.29, 0.717) is 31.1 Å². The molecule has 4 heteroatoms. The van der Waals surface area contributed by atoms with Crippen molar-refractivity contribution in [1.82, 2.24) is 0 Å². The zero-order chi connectivity index (χ0) is 15.2. The van der Waals surface area contributed by atoms with Crippen molar-refractivity contribution in [3.05, 3.63) is 18.2 Å². The summed E-state index contributed by atoms with van der Waals surface area (Å²) in [4.78, 5) is 12.0. The summed E-state index contributed by atoms with van der Waals surface area (Å²) in [5.41, 5.74) is 0.611. The van der Waals surface area contributed by atoms with Crippen LogP contribution in [0.3, 0.4) is 0 Å². The number of benzene rings is 1. The van der Waals surface area contributed by atoms with E-state index in [4.69, 9.17) is 9.47 Å². The summed E-state index contributed by atoms with van der Waals surface area (Å²) >= 11 is 0. The first-order valence-corrected chi connectivity index (χ1v) is 7.05. The Morgan fingerprint density at radius 2 is 1.80 bits per heavy atom. The summed E-state index contributed by atoms with van der Waals surface area (Å²) in [7, 11) is 0. The molecule has 0 unspecified atom stereocenters. The quantitative estimate of drug-likeness (QED) is 0.860. The lowest BCUT2D eigenvalue weighted by molar-refractivity contribution is -0.117. The van der Waals surface area contributed by atoms with Gasteiger partial charge in [0.2, 0.25) is 5.91 Å². The molecule has 0 heterocycles. The van der Waals surface area contributed by atoms with Gasteiger partial charge in [-0.05, 0) is 31.4 Å². The van der Waals surface area contributed by atoms with Crippen molar-refractivity contribution >= 4 is 11.6 Å². The zero-order valence-electron chi connectivity index (χ0n) is 13.1. The van der Waals surface area contributed by atoms with E-state index in [1.54, 1.807) is 6.07 Å². The zero-order valence-corrected chi connectivity index (χ0v) is 13.1. The summed E-state index contributed by atoms with van der Waals surface area (Å²) in [6, 6.07) is 5.46. The monoisotopic (exact) mass is 279 g/mol. The normalized spacial score (nSPS) is 11.1. The minimum atomic E-state index is -0.0482. The van der Waals surface area contributed by atoms with E-state index in [-0.39, 0.29) is 11.3 Å². The Hall–Kier alpha value is -1.71. The van der Waals surface area contributed by atoms with E-state index in [0.717, 1.165) is 5.75 Å². The second-order valence-corrected chi connectivity index (χ2v) is 5.81. The maximum Gasteiger partial charge on any atom is 0.225 e. The molecule has 0 bridgehead atoms. The molecule has 0 atom stereocenters. The predicted octanol–water partition coefficient (Wildman–Crippen LogP) is 3.86. The number of amides is 1. The molecule has 4 nitrogen and oxygen atoms in total. The van der Waals surface area contributed by atoms with Crippen LogP contribution in [0.1, 0.15) is 41.0 Å². The second-order valence-electron chi connectivity index (χ2n) is 5.81. The lowest BCUT2D eigenvalue weighted by Gasteiger charge is -2.18. The first kappa shape index (κ1) is 16.3. The molecule has 112 valence electrons. The van der Waals surface area contributed by atoms with Crippen molar-refractivity contribution < 1.29 is 14.3 Å². The molecule has 0 fully saturated rings. The van der Waals surface area contributed by atoms with Gasteiger partial charge in [-0.3, -0.25) is 4.79 Å². The molecular formula is C16H25NO3. The van der Waals surface area contributed by atoms with Crippen molar-refractivity contribution in [2.24, 2.45) is 5.41 Å². The highest BCUT2D eigenvalue weighted by Crippen LogP contribution is 2.30. The number of anilines is 1. The van der Waals surface area contributed by atoms with Crippen LogP contribution < -0.4 is 14.8 Å². The van der Waals surface area contributed by atoms with Crippen LogP contribution in [0.2, 0.25) is 0 Å². The van der Waals surface area contributed by atoms with Gasteiger partial charge in [-0.1, -0.05) is 20.8 Å². The van der Waals surface area contributed by atoms with E-state index >= 15 is 0 Å². The first-order chi connectivity index (χ1) is 9.35. The fourth-order valence-corrected chi connectivity index (χ4v) is 1.82. The second kappa shape index (κ2) is 7.17. The predicted molar refractivity (Wildman–Crippen MR) is 81.5 cm³/mol. The average Bonchev–Trinajstić information content (AvgIpc) is 2.30. The van der Waals surface area contributed by atoms with E-state index < -0.39 is 0 Å². The van der Waals surface area contributed by atoms with Gasteiger partial charge in [0.1, 0.15) is 11.5 Å². The lowest BCUT2D eigenvalue weighted by atomic mass is 9.92. The Labute approximate surface area is 121 Å². The molecular weight excluding hydrogens is 254 g/mol. The molecule has 0 aliphatic carbocycles. The highest BCUT2D eigenvalue weighted by molar-refractivity contribution is 5.92. The van der Waals surface area contributed by atoms with Gasteiger partial charge < -0.3 is 14.8 Å².